The maximum atomic E-state index is 13.1. The number of aliphatic hydroxyl groups excluding tert-OH is 1. The Morgan fingerprint density at radius 2 is 1.97 bits per heavy atom. The Bertz CT molecular complexity index is 1190. The summed E-state index contributed by atoms with van der Waals surface area (Å²) >= 11 is 1.60. The van der Waals surface area contributed by atoms with Crippen molar-refractivity contribution >= 4 is 23.2 Å². The van der Waals surface area contributed by atoms with Crippen LogP contribution >= 0.6 is 11.3 Å². The van der Waals surface area contributed by atoms with Crippen molar-refractivity contribution in [2.24, 2.45) is 5.41 Å². The zero-order valence-electron chi connectivity index (χ0n) is 20.4. The first kappa shape index (κ1) is 25.0. The molecule has 0 bridgehead atoms. The maximum absolute atomic E-state index is 13.1. The Morgan fingerprint density at radius 1 is 1.23 bits per heavy atom. The van der Waals surface area contributed by atoms with E-state index >= 15 is 0 Å². The number of carbonyl (C=O) groups is 2. The van der Waals surface area contributed by atoms with Crippen molar-refractivity contribution in [3.63, 3.8) is 0 Å². The minimum Gasteiger partial charge on any atom is -0.426 e. The summed E-state index contributed by atoms with van der Waals surface area (Å²) in [5.41, 5.74) is 4.43. The summed E-state index contributed by atoms with van der Waals surface area (Å²) in [6.07, 6.45) is 0.149. The predicted molar refractivity (Wildman–Crippen MR) is 131 cm³/mol. The summed E-state index contributed by atoms with van der Waals surface area (Å²) in [6.45, 7) is 8.09. The van der Waals surface area contributed by atoms with Crippen LogP contribution in [0.1, 0.15) is 49.7 Å². The number of aryl methyl sites for hydroxylation is 2. The second-order valence-corrected chi connectivity index (χ2v) is 10.7. The van der Waals surface area contributed by atoms with E-state index in [1.54, 1.807) is 18.3 Å². The third-order valence-electron chi connectivity index (χ3n) is 6.16. The van der Waals surface area contributed by atoms with Gasteiger partial charge in [0.2, 0.25) is 23.6 Å². The number of nitrogens with zero attached hydrogens (tertiary/aromatic N) is 4. The Morgan fingerprint density at radius 3 is 2.60 bits per heavy atom. The van der Waals surface area contributed by atoms with Crippen molar-refractivity contribution < 1.29 is 19.1 Å². The Labute approximate surface area is 208 Å². The molecule has 3 aromatic rings. The Balaban J connectivity index is 1.35. The van der Waals surface area contributed by atoms with Crippen LogP contribution in [-0.2, 0) is 22.6 Å². The van der Waals surface area contributed by atoms with E-state index < -0.39 is 17.6 Å². The van der Waals surface area contributed by atoms with Gasteiger partial charge in [0.25, 0.3) is 0 Å². The molecule has 0 unspecified atom stereocenters. The lowest BCUT2D eigenvalue weighted by atomic mass is 9.85. The van der Waals surface area contributed by atoms with Gasteiger partial charge in [0.1, 0.15) is 6.04 Å². The highest BCUT2D eigenvalue weighted by Crippen LogP contribution is 2.30. The molecular weight excluding hydrogens is 466 g/mol. The summed E-state index contributed by atoms with van der Waals surface area (Å²) in [5, 5.41) is 21.0. The fourth-order valence-corrected chi connectivity index (χ4v) is 5.20. The molecular formula is C25H31N5O4S. The van der Waals surface area contributed by atoms with E-state index in [-0.39, 0.29) is 31.2 Å². The van der Waals surface area contributed by atoms with Crippen LogP contribution in [0.15, 0.2) is 34.2 Å². The number of nitrogens with one attached hydrogen (secondary N) is 1. The van der Waals surface area contributed by atoms with Gasteiger partial charge in [0.15, 0.2) is 0 Å². The van der Waals surface area contributed by atoms with Gasteiger partial charge in [-0.25, -0.2) is 4.98 Å². The van der Waals surface area contributed by atoms with E-state index in [9.17, 15) is 14.7 Å². The summed E-state index contributed by atoms with van der Waals surface area (Å²) < 4.78 is 5.46. The van der Waals surface area contributed by atoms with Gasteiger partial charge in [-0.3, -0.25) is 9.59 Å². The van der Waals surface area contributed by atoms with Crippen LogP contribution in [0, 0.1) is 19.3 Å². The average Bonchev–Trinajstić information content (AvgIpc) is 3.51. The number of likely N-dealkylation sites (tertiary alicyclic amines) is 1. The summed E-state index contributed by atoms with van der Waals surface area (Å²) in [4.78, 5) is 33.0. The van der Waals surface area contributed by atoms with Crippen LogP contribution in [0.3, 0.4) is 0 Å². The van der Waals surface area contributed by atoms with E-state index in [1.165, 1.54) is 4.90 Å². The van der Waals surface area contributed by atoms with Crippen LogP contribution in [0.5, 0.6) is 0 Å². The highest BCUT2D eigenvalue weighted by atomic mass is 32.1. The van der Waals surface area contributed by atoms with Gasteiger partial charge >= 0.3 is 0 Å². The van der Waals surface area contributed by atoms with Crippen LogP contribution < -0.4 is 5.32 Å². The van der Waals surface area contributed by atoms with E-state index in [4.69, 9.17) is 4.42 Å². The molecule has 2 N–H and O–H groups in total. The van der Waals surface area contributed by atoms with E-state index in [0.29, 0.717) is 24.7 Å². The summed E-state index contributed by atoms with van der Waals surface area (Å²) in [6, 6.07) is 7.29. The number of aromatic nitrogens is 3. The Hall–Kier alpha value is -3.11. The number of rotatable bonds is 8. The first-order chi connectivity index (χ1) is 16.6. The highest BCUT2D eigenvalue weighted by Gasteiger charge is 2.40. The molecule has 35 heavy (non-hydrogen) atoms. The van der Waals surface area contributed by atoms with Crippen LogP contribution in [0.4, 0.5) is 0 Å². The zero-order valence-corrected chi connectivity index (χ0v) is 21.3. The summed E-state index contributed by atoms with van der Waals surface area (Å²) in [7, 11) is 0. The van der Waals surface area contributed by atoms with Gasteiger partial charge in [-0.2, -0.15) is 0 Å². The molecule has 2 atom stereocenters. The minimum atomic E-state index is -0.724. The molecule has 0 radical (unpaired) electrons. The largest absolute Gasteiger partial charge is 0.426 e. The molecule has 186 valence electrons. The second-order valence-electron chi connectivity index (χ2n) is 9.87. The number of carbonyl (C=O) groups excluding carboxylic acids is 2. The number of hydrogen-bond acceptors (Lipinski definition) is 8. The van der Waals surface area contributed by atoms with Crippen molar-refractivity contribution in [3.05, 3.63) is 52.8 Å². The zero-order chi connectivity index (χ0) is 25.2. The normalized spacial score (nSPS) is 18.1. The van der Waals surface area contributed by atoms with Gasteiger partial charge in [-0.1, -0.05) is 38.1 Å². The monoisotopic (exact) mass is 497 g/mol. The molecule has 9 nitrogen and oxygen atoms in total. The molecule has 2 amide bonds. The molecule has 1 aliphatic heterocycles. The first-order valence-electron chi connectivity index (χ1n) is 11.6. The average molecular weight is 498 g/mol. The number of amides is 2. The molecule has 1 aromatic carbocycles. The van der Waals surface area contributed by atoms with Crippen LogP contribution in [0.25, 0.3) is 10.4 Å². The SMILES string of the molecule is Cc1nnc(CC(C)(C)CC(=O)N2C[C@H](O)C[C@H]2C(=O)NCc2ccc(-c3scnc3C)cc2)o1. The van der Waals surface area contributed by atoms with Crippen molar-refractivity contribution in [2.75, 3.05) is 6.54 Å². The van der Waals surface area contributed by atoms with Gasteiger partial charge in [0, 0.05) is 39.3 Å². The van der Waals surface area contributed by atoms with Crippen LogP contribution in [-0.4, -0.2) is 55.7 Å². The lowest BCUT2D eigenvalue weighted by Crippen LogP contribution is -2.46. The fraction of sp³-hybridized carbons (Fsp3) is 0.480. The maximum Gasteiger partial charge on any atom is 0.243 e. The quantitative estimate of drug-likeness (QED) is 0.491. The van der Waals surface area contributed by atoms with Crippen molar-refractivity contribution in [3.8, 4) is 10.4 Å². The molecule has 4 rings (SSSR count). The molecule has 0 saturated carbocycles. The number of aliphatic hydroxyl groups is 1. The molecule has 10 heteroatoms. The van der Waals surface area contributed by atoms with E-state index in [1.807, 2.05) is 50.5 Å². The van der Waals surface area contributed by atoms with Crippen molar-refractivity contribution in [1.82, 2.24) is 25.4 Å². The second kappa shape index (κ2) is 10.2. The summed E-state index contributed by atoms with van der Waals surface area (Å²) in [5.74, 6) is 0.525. The van der Waals surface area contributed by atoms with Crippen molar-refractivity contribution in [2.45, 2.75) is 65.6 Å². The molecule has 1 saturated heterocycles. The van der Waals surface area contributed by atoms with Crippen molar-refractivity contribution in [1.29, 1.82) is 0 Å². The molecule has 0 spiro atoms. The number of benzene rings is 1. The lowest BCUT2D eigenvalue weighted by molar-refractivity contribution is -0.140. The third-order valence-corrected chi connectivity index (χ3v) is 7.14. The molecule has 3 heterocycles. The lowest BCUT2D eigenvalue weighted by Gasteiger charge is -2.29. The van der Waals surface area contributed by atoms with Crippen LogP contribution in [0.2, 0.25) is 0 Å². The predicted octanol–water partition coefficient (Wildman–Crippen LogP) is 3.05. The standard InChI is InChI=1S/C25H31N5O4S/c1-15-23(35-14-27-15)18-7-5-17(6-8-18)12-26-24(33)20-9-19(31)13-30(20)22(32)11-25(3,4)10-21-29-28-16(2)34-21/h5-8,14,19-20,31H,9-13H2,1-4H3,(H,26,33)/t19-,20+/m1/s1. The topological polar surface area (TPSA) is 121 Å². The third kappa shape index (κ3) is 6.12. The molecule has 0 aliphatic carbocycles. The minimum absolute atomic E-state index is 0.148. The van der Waals surface area contributed by atoms with Gasteiger partial charge in [-0.15, -0.1) is 21.5 Å². The number of hydrogen-bond donors (Lipinski definition) is 2. The molecule has 1 fully saturated rings. The highest BCUT2D eigenvalue weighted by molar-refractivity contribution is 7.13. The first-order valence-corrected chi connectivity index (χ1v) is 12.5. The van der Waals surface area contributed by atoms with Gasteiger partial charge in [-0.05, 0) is 23.5 Å². The molecule has 2 aromatic heterocycles. The fourth-order valence-electron chi connectivity index (χ4n) is 4.39. The number of thiazole rings is 1. The number of β-amino-alcohol motifs (C(OH)–C–C–N with tert-alkyl or cyclic N) is 1. The smallest absolute Gasteiger partial charge is 0.243 e. The van der Waals surface area contributed by atoms with E-state index in [2.05, 4.69) is 20.5 Å². The van der Waals surface area contributed by atoms with Gasteiger partial charge < -0.3 is 19.7 Å². The van der Waals surface area contributed by atoms with E-state index in [0.717, 1.165) is 21.7 Å². The Kier molecular flexibility index (Phi) is 7.32. The molecule has 1 aliphatic rings. The van der Waals surface area contributed by atoms with Gasteiger partial charge in [0.05, 0.1) is 22.2 Å².